The second kappa shape index (κ2) is 6.59. The summed E-state index contributed by atoms with van der Waals surface area (Å²) < 4.78 is 20.3. The molecule has 0 aliphatic heterocycles. The van der Waals surface area contributed by atoms with E-state index in [4.69, 9.17) is 18.6 Å². The molecule has 1 aromatic rings. The molecular weight excluding hydrogens is 184 g/mol. The van der Waals surface area contributed by atoms with Crippen LogP contribution in [0.1, 0.15) is 11.3 Å². The minimum Gasteiger partial charge on any atom is -0.469 e. The van der Waals surface area contributed by atoms with E-state index in [1.165, 1.54) is 0 Å². The van der Waals surface area contributed by atoms with Gasteiger partial charge < -0.3 is 18.6 Å². The summed E-state index contributed by atoms with van der Waals surface area (Å²) in [6.07, 6.45) is 1.65. The Morgan fingerprint density at radius 1 is 1.29 bits per heavy atom. The molecule has 0 fully saturated rings. The van der Waals surface area contributed by atoms with Crippen LogP contribution in [0.5, 0.6) is 0 Å². The monoisotopic (exact) mass is 200 g/mol. The topological polar surface area (TPSA) is 40.8 Å². The first-order chi connectivity index (χ1) is 6.84. The Morgan fingerprint density at radius 3 is 2.79 bits per heavy atom. The van der Waals surface area contributed by atoms with Gasteiger partial charge in [0.1, 0.15) is 12.6 Å². The van der Waals surface area contributed by atoms with Crippen LogP contribution in [0.25, 0.3) is 0 Å². The number of aryl methyl sites for hydroxylation is 1. The molecule has 0 N–H and O–H groups in total. The molecule has 80 valence electrons. The standard InChI is InChI=1S/C10H16O4/c1-9-10(3-4-14-9)7-13-8-12-6-5-11-2/h3-4H,5-8H2,1-2H3. The van der Waals surface area contributed by atoms with Crippen LogP contribution in [0.2, 0.25) is 0 Å². The van der Waals surface area contributed by atoms with Crippen molar-refractivity contribution >= 4 is 0 Å². The van der Waals surface area contributed by atoms with Crippen molar-refractivity contribution in [1.29, 1.82) is 0 Å². The largest absolute Gasteiger partial charge is 0.469 e. The summed E-state index contributed by atoms with van der Waals surface area (Å²) in [5.41, 5.74) is 1.06. The lowest BCUT2D eigenvalue weighted by Gasteiger charge is -2.04. The summed E-state index contributed by atoms with van der Waals surface area (Å²) in [6, 6.07) is 1.89. The van der Waals surface area contributed by atoms with E-state index in [0.717, 1.165) is 11.3 Å². The quantitative estimate of drug-likeness (QED) is 0.496. The van der Waals surface area contributed by atoms with Gasteiger partial charge in [0.2, 0.25) is 0 Å². The summed E-state index contributed by atoms with van der Waals surface area (Å²) in [5.74, 6) is 0.891. The average molecular weight is 200 g/mol. The highest BCUT2D eigenvalue weighted by molar-refractivity contribution is 5.13. The molecule has 14 heavy (non-hydrogen) atoms. The normalized spacial score (nSPS) is 10.7. The van der Waals surface area contributed by atoms with E-state index >= 15 is 0 Å². The van der Waals surface area contributed by atoms with E-state index in [-0.39, 0.29) is 6.79 Å². The first kappa shape index (κ1) is 11.2. The summed E-state index contributed by atoms with van der Waals surface area (Å²) in [7, 11) is 1.64. The Hall–Kier alpha value is -0.840. The zero-order valence-electron chi connectivity index (χ0n) is 8.62. The molecule has 4 heteroatoms. The third-order valence-corrected chi connectivity index (χ3v) is 1.82. The van der Waals surface area contributed by atoms with Gasteiger partial charge in [-0.25, -0.2) is 0 Å². The van der Waals surface area contributed by atoms with Crippen molar-refractivity contribution in [2.24, 2.45) is 0 Å². The van der Waals surface area contributed by atoms with E-state index in [2.05, 4.69) is 0 Å². The molecule has 0 bridgehead atoms. The van der Waals surface area contributed by atoms with Gasteiger partial charge >= 0.3 is 0 Å². The van der Waals surface area contributed by atoms with Crippen LogP contribution in [0.4, 0.5) is 0 Å². The highest BCUT2D eigenvalue weighted by atomic mass is 16.7. The van der Waals surface area contributed by atoms with Crippen molar-refractivity contribution in [2.75, 3.05) is 27.1 Å². The molecule has 0 spiro atoms. The van der Waals surface area contributed by atoms with Crippen molar-refractivity contribution in [1.82, 2.24) is 0 Å². The van der Waals surface area contributed by atoms with Gasteiger partial charge in [-0.2, -0.15) is 0 Å². The third kappa shape index (κ3) is 3.91. The second-order valence-corrected chi connectivity index (χ2v) is 2.87. The van der Waals surface area contributed by atoms with Crippen molar-refractivity contribution in [3.05, 3.63) is 23.7 Å². The fourth-order valence-electron chi connectivity index (χ4n) is 0.973. The minimum atomic E-state index is 0.286. The molecule has 1 heterocycles. The van der Waals surface area contributed by atoms with Crippen LogP contribution < -0.4 is 0 Å². The van der Waals surface area contributed by atoms with Gasteiger partial charge in [-0.1, -0.05) is 0 Å². The van der Waals surface area contributed by atoms with Crippen molar-refractivity contribution in [3.63, 3.8) is 0 Å². The zero-order chi connectivity index (χ0) is 10.2. The fraction of sp³-hybridized carbons (Fsp3) is 0.600. The highest BCUT2D eigenvalue weighted by Gasteiger charge is 2.00. The number of methoxy groups -OCH3 is 1. The Labute approximate surface area is 83.8 Å². The Morgan fingerprint density at radius 2 is 2.14 bits per heavy atom. The zero-order valence-corrected chi connectivity index (χ0v) is 8.62. The average Bonchev–Trinajstić information content (AvgIpc) is 2.58. The molecule has 1 rings (SSSR count). The summed E-state index contributed by atoms with van der Waals surface area (Å²) in [5, 5.41) is 0. The summed E-state index contributed by atoms with van der Waals surface area (Å²) >= 11 is 0. The molecule has 0 unspecified atom stereocenters. The highest BCUT2D eigenvalue weighted by Crippen LogP contribution is 2.09. The first-order valence-corrected chi connectivity index (χ1v) is 4.52. The SMILES string of the molecule is COCCOCOCc1ccoc1C. The van der Waals surface area contributed by atoms with Crippen LogP contribution in [-0.2, 0) is 20.8 Å². The second-order valence-electron chi connectivity index (χ2n) is 2.87. The number of furan rings is 1. The number of hydrogen-bond donors (Lipinski definition) is 0. The van der Waals surface area contributed by atoms with E-state index < -0.39 is 0 Å². The Balaban J connectivity index is 2.02. The smallest absolute Gasteiger partial charge is 0.147 e. The van der Waals surface area contributed by atoms with Gasteiger partial charge in [-0.15, -0.1) is 0 Å². The van der Waals surface area contributed by atoms with Crippen LogP contribution >= 0.6 is 0 Å². The van der Waals surface area contributed by atoms with Gasteiger partial charge in [0.15, 0.2) is 0 Å². The van der Waals surface area contributed by atoms with Crippen molar-refractivity contribution in [2.45, 2.75) is 13.5 Å². The van der Waals surface area contributed by atoms with Gasteiger partial charge in [0.25, 0.3) is 0 Å². The molecule has 0 atom stereocenters. The first-order valence-electron chi connectivity index (χ1n) is 4.52. The molecule has 0 saturated heterocycles. The maximum Gasteiger partial charge on any atom is 0.147 e. The van der Waals surface area contributed by atoms with Crippen molar-refractivity contribution in [3.8, 4) is 0 Å². The predicted octanol–water partition coefficient (Wildman–Crippen LogP) is 1.73. The van der Waals surface area contributed by atoms with Gasteiger partial charge in [0.05, 0.1) is 26.1 Å². The third-order valence-electron chi connectivity index (χ3n) is 1.82. The maximum absolute atomic E-state index is 5.27. The predicted molar refractivity (Wildman–Crippen MR) is 50.9 cm³/mol. The van der Waals surface area contributed by atoms with E-state index in [0.29, 0.717) is 19.8 Å². The number of ether oxygens (including phenoxy) is 3. The minimum absolute atomic E-state index is 0.286. The summed E-state index contributed by atoms with van der Waals surface area (Å²) in [4.78, 5) is 0. The van der Waals surface area contributed by atoms with E-state index in [9.17, 15) is 0 Å². The molecule has 0 aliphatic carbocycles. The maximum atomic E-state index is 5.27. The van der Waals surface area contributed by atoms with E-state index in [1.54, 1.807) is 13.4 Å². The molecule has 0 saturated carbocycles. The lowest BCUT2D eigenvalue weighted by Crippen LogP contribution is -2.05. The lowest BCUT2D eigenvalue weighted by atomic mass is 10.3. The van der Waals surface area contributed by atoms with Crippen molar-refractivity contribution < 1.29 is 18.6 Å². The molecule has 0 radical (unpaired) electrons. The number of hydrogen-bond acceptors (Lipinski definition) is 4. The molecule has 0 amide bonds. The molecule has 0 aliphatic rings. The Kier molecular flexibility index (Phi) is 5.29. The lowest BCUT2D eigenvalue weighted by molar-refractivity contribution is -0.0726. The number of rotatable bonds is 7. The molecule has 1 aromatic heterocycles. The Bertz CT molecular complexity index is 244. The summed E-state index contributed by atoms with van der Waals surface area (Å²) in [6.45, 7) is 3.86. The fourth-order valence-corrected chi connectivity index (χ4v) is 0.973. The van der Waals surface area contributed by atoms with Crippen LogP contribution in [0.3, 0.4) is 0 Å². The van der Waals surface area contributed by atoms with E-state index in [1.807, 2.05) is 13.0 Å². The molecule has 4 nitrogen and oxygen atoms in total. The van der Waals surface area contributed by atoms with Crippen LogP contribution in [0.15, 0.2) is 16.7 Å². The van der Waals surface area contributed by atoms with Crippen LogP contribution in [-0.4, -0.2) is 27.1 Å². The van der Waals surface area contributed by atoms with Gasteiger partial charge in [-0.3, -0.25) is 0 Å². The van der Waals surface area contributed by atoms with Crippen LogP contribution in [0, 0.1) is 6.92 Å². The molecular formula is C10H16O4. The van der Waals surface area contributed by atoms with Gasteiger partial charge in [0, 0.05) is 12.7 Å². The van der Waals surface area contributed by atoms with Gasteiger partial charge in [-0.05, 0) is 13.0 Å². The molecule has 0 aromatic carbocycles.